The highest BCUT2D eigenvalue weighted by Gasteiger charge is 2.53. The second kappa shape index (κ2) is 7.17. The lowest BCUT2D eigenvalue weighted by atomic mass is 9.96. The molecule has 5 rings (SSSR count). The van der Waals surface area contributed by atoms with Gasteiger partial charge in [-0.25, -0.2) is 0 Å². The van der Waals surface area contributed by atoms with Crippen LogP contribution in [0.25, 0.3) is 0 Å². The van der Waals surface area contributed by atoms with Crippen molar-refractivity contribution in [1.29, 1.82) is 0 Å². The summed E-state index contributed by atoms with van der Waals surface area (Å²) < 4.78 is 51.1. The number of alkyl halides is 3. The first-order valence-corrected chi connectivity index (χ1v) is 10.3. The molecule has 3 aliphatic rings. The summed E-state index contributed by atoms with van der Waals surface area (Å²) in [5.41, 5.74) is 0.0341. The lowest BCUT2D eigenvalue weighted by Gasteiger charge is -2.37. The van der Waals surface area contributed by atoms with Crippen molar-refractivity contribution in [2.45, 2.75) is 43.8 Å². The van der Waals surface area contributed by atoms with E-state index < -0.39 is 29.2 Å². The first-order valence-electron chi connectivity index (χ1n) is 10.3. The predicted octanol–water partition coefficient (Wildman–Crippen LogP) is 4.65. The summed E-state index contributed by atoms with van der Waals surface area (Å²) in [6.45, 7) is 0.343. The Balaban J connectivity index is 1.48. The fourth-order valence-corrected chi connectivity index (χ4v) is 4.21. The minimum absolute atomic E-state index is 0.0850. The minimum Gasteiger partial charge on any atom is -0.338 e. The van der Waals surface area contributed by atoms with Gasteiger partial charge in [0.25, 0.3) is 11.7 Å². The Morgan fingerprint density at radius 1 is 1.10 bits per heavy atom. The largest absolute Gasteiger partial charge is 0.416 e. The van der Waals surface area contributed by atoms with E-state index in [2.05, 4.69) is 5.32 Å². The van der Waals surface area contributed by atoms with E-state index in [1.54, 1.807) is 6.07 Å². The van der Waals surface area contributed by atoms with E-state index in [-0.39, 0.29) is 17.2 Å². The Morgan fingerprint density at radius 2 is 1.87 bits per heavy atom. The first-order chi connectivity index (χ1) is 14.8. The van der Waals surface area contributed by atoms with Crippen LogP contribution in [-0.2, 0) is 26.2 Å². The summed E-state index contributed by atoms with van der Waals surface area (Å²) in [5, 5.41) is 2.73. The normalized spacial score (nSPS) is 25.4. The van der Waals surface area contributed by atoms with Crippen molar-refractivity contribution in [3.8, 4) is 0 Å². The van der Waals surface area contributed by atoms with E-state index in [0.29, 0.717) is 30.2 Å². The topological polar surface area (TPSA) is 64.6 Å². The number of halogens is 3. The number of rotatable bonds is 4. The third kappa shape index (κ3) is 3.64. The number of amides is 1. The Bertz CT molecular complexity index is 1060. The monoisotopic (exact) mass is 431 g/mol. The van der Waals surface area contributed by atoms with Gasteiger partial charge >= 0.3 is 6.18 Å². The molecule has 0 aromatic heterocycles. The number of ketones is 1. The molecule has 31 heavy (non-hydrogen) atoms. The van der Waals surface area contributed by atoms with Crippen LogP contribution in [0, 0.1) is 5.92 Å². The zero-order valence-electron chi connectivity index (χ0n) is 16.5. The summed E-state index contributed by atoms with van der Waals surface area (Å²) in [5.74, 6) is -2.05. The SMILES string of the molecule is O=C(c1cccc(C(F)(F)F)c1)c1ccc2c(c1)[C@]1(OCCC(CC3CC3)O1)C(=O)N2. The number of ether oxygens (including phenoxy) is 2. The van der Waals surface area contributed by atoms with Gasteiger partial charge in [0.05, 0.1) is 24.0 Å². The maximum atomic E-state index is 13.0. The second-order valence-corrected chi connectivity index (χ2v) is 8.29. The fourth-order valence-electron chi connectivity index (χ4n) is 4.21. The van der Waals surface area contributed by atoms with Gasteiger partial charge in [-0.2, -0.15) is 13.2 Å². The van der Waals surface area contributed by atoms with Crippen molar-refractivity contribution >= 4 is 17.4 Å². The van der Waals surface area contributed by atoms with E-state index in [9.17, 15) is 22.8 Å². The van der Waals surface area contributed by atoms with Crippen LogP contribution in [0.1, 0.15) is 52.7 Å². The molecule has 1 N–H and O–H groups in total. The molecule has 8 heteroatoms. The Kier molecular flexibility index (Phi) is 4.67. The van der Waals surface area contributed by atoms with Crippen LogP contribution in [0.5, 0.6) is 0 Å². The van der Waals surface area contributed by atoms with Crippen LogP contribution >= 0.6 is 0 Å². The predicted molar refractivity (Wildman–Crippen MR) is 104 cm³/mol. The minimum atomic E-state index is -4.55. The molecule has 2 aromatic carbocycles. The average molecular weight is 431 g/mol. The van der Waals surface area contributed by atoms with Crippen molar-refractivity contribution in [3.05, 3.63) is 64.7 Å². The summed E-state index contributed by atoms with van der Waals surface area (Å²) >= 11 is 0. The van der Waals surface area contributed by atoms with Crippen molar-refractivity contribution in [1.82, 2.24) is 0 Å². The van der Waals surface area contributed by atoms with Gasteiger partial charge in [0.2, 0.25) is 0 Å². The molecule has 5 nitrogen and oxygen atoms in total. The van der Waals surface area contributed by atoms with Crippen LogP contribution in [0.4, 0.5) is 18.9 Å². The number of hydrogen-bond acceptors (Lipinski definition) is 4. The van der Waals surface area contributed by atoms with E-state index in [0.717, 1.165) is 31.4 Å². The molecule has 1 saturated carbocycles. The van der Waals surface area contributed by atoms with Crippen LogP contribution in [0.15, 0.2) is 42.5 Å². The van der Waals surface area contributed by atoms with Crippen LogP contribution in [0.2, 0.25) is 0 Å². The molecule has 1 amide bonds. The highest BCUT2D eigenvalue weighted by atomic mass is 19.4. The van der Waals surface area contributed by atoms with Gasteiger partial charge in [-0.05, 0) is 49.1 Å². The van der Waals surface area contributed by atoms with Gasteiger partial charge in [-0.15, -0.1) is 0 Å². The van der Waals surface area contributed by atoms with Gasteiger partial charge in [-0.3, -0.25) is 9.59 Å². The molecule has 2 aliphatic heterocycles. The lowest BCUT2D eigenvalue weighted by Crippen LogP contribution is -2.47. The Morgan fingerprint density at radius 3 is 2.61 bits per heavy atom. The van der Waals surface area contributed by atoms with Crippen molar-refractivity contribution in [3.63, 3.8) is 0 Å². The smallest absolute Gasteiger partial charge is 0.338 e. The molecular formula is C23H20F3NO4. The molecule has 162 valence electrons. The molecule has 1 unspecified atom stereocenters. The molecule has 0 bridgehead atoms. The van der Waals surface area contributed by atoms with Gasteiger partial charge in [0, 0.05) is 16.7 Å². The highest BCUT2D eigenvalue weighted by molar-refractivity contribution is 6.11. The van der Waals surface area contributed by atoms with E-state index in [4.69, 9.17) is 9.47 Å². The van der Waals surface area contributed by atoms with Crippen molar-refractivity contribution in [2.24, 2.45) is 5.92 Å². The highest BCUT2D eigenvalue weighted by Crippen LogP contribution is 2.46. The zero-order valence-corrected chi connectivity index (χ0v) is 16.5. The van der Waals surface area contributed by atoms with Crippen LogP contribution in [-0.4, -0.2) is 24.4 Å². The van der Waals surface area contributed by atoms with Gasteiger partial charge in [0.15, 0.2) is 5.78 Å². The summed E-state index contributed by atoms with van der Waals surface area (Å²) in [6, 6.07) is 8.80. The number of nitrogens with one attached hydrogen (secondary N) is 1. The second-order valence-electron chi connectivity index (χ2n) is 8.29. The summed E-state index contributed by atoms with van der Waals surface area (Å²) in [4.78, 5) is 25.7. The fraction of sp³-hybridized carbons (Fsp3) is 0.391. The Labute approximate surface area is 176 Å². The molecular weight excluding hydrogens is 411 g/mol. The van der Waals surface area contributed by atoms with Gasteiger partial charge in [0.1, 0.15) is 0 Å². The molecule has 1 saturated heterocycles. The maximum Gasteiger partial charge on any atom is 0.416 e. The van der Waals surface area contributed by atoms with E-state index in [1.807, 2.05) is 0 Å². The standard InChI is InChI=1S/C23H20F3NO4/c24-23(25,26)16-3-1-2-14(11-16)20(28)15-6-7-19-18(12-15)22(21(29)27-19)30-9-8-17(31-22)10-13-4-5-13/h1-3,6-7,11-13,17H,4-5,8-10H2,(H,27,29)/t17?,22-/m1/s1. The Hall–Kier alpha value is -2.71. The summed E-state index contributed by atoms with van der Waals surface area (Å²) in [7, 11) is 0. The third-order valence-corrected chi connectivity index (χ3v) is 6.01. The van der Waals surface area contributed by atoms with Crippen molar-refractivity contribution in [2.75, 3.05) is 11.9 Å². The lowest BCUT2D eigenvalue weighted by molar-refractivity contribution is -0.281. The maximum absolute atomic E-state index is 13.0. The number of carbonyl (C=O) groups excluding carboxylic acids is 2. The first kappa shape index (κ1) is 20.2. The number of carbonyl (C=O) groups is 2. The molecule has 0 radical (unpaired) electrons. The number of fused-ring (bicyclic) bond motifs is 2. The summed E-state index contributed by atoms with van der Waals surface area (Å²) in [6.07, 6.45) is -0.811. The third-order valence-electron chi connectivity index (χ3n) is 6.01. The molecule has 2 atom stereocenters. The van der Waals surface area contributed by atoms with Gasteiger partial charge in [-0.1, -0.05) is 25.0 Å². The van der Waals surface area contributed by atoms with Crippen LogP contribution in [0.3, 0.4) is 0 Å². The zero-order chi connectivity index (χ0) is 21.8. The average Bonchev–Trinajstić information content (AvgIpc) is 3.52. The number of benzene rings is 2. The number of anilines is 1. The molecule has 1 aliphatic carbocycles. The quantitative estimate of drug-likeness (QED) is 0.716. The molecule has 1 spiro atoms. The van der Waals surface area contributed by atoms with Crippen molar-refractivity contribution < 1.29 is 32.2 Å². The van der Waals surface area contributed by atoms with Crippen LogP contribution < -0.4 is 5.32 Å². The number of hydrogen-bond donors (Lipinski definition) is 1. The van der Waals surface area contributed by atoms with E-state index >= 15 is 0 Å². The molecule has 2 heterocycles. The van der Waals surface area contributed by atoms with E-state index in [1.165, 1.54) is 24.3 Å². The molecule has 2 fully saturated rings. The van der Waals surface area contributed by atoms with Gasteiger partial charge < -0.3 is 14.8 Å². The molecule has 2 aromatic rings.